The van der Waals surface area contributed by atoms with Crippen molar-refractivity contribution in [3.8, 4) is 11.6 Å². The van der Waals surface area contributed by atoms with Crippen LogP contribution in [-0.4, -0.2) is 23.4 Å². The van der Waals surface area contributed by atoms with E-state index in [1.54, 1.807) is 23.9 Å². The Balaban J connectivity index is 2.61. The zero-order valence-electron chi connectivity index (χ0n) is 12.1. The maximum Gasteiger partial charge on any atom is 0.219 e. The molecule has 1 heterocycles. The van der Waals surface area contributed by atoms with Crippen molar-refractivity contribution >= 4 is 0 Å². The highest BCUT2D eigenvalue weighted by molar-refractivity contribution is 5.42. The first kappa shape index (κ1) is 14.5. The van der Waals surface area contributed by atoms with E-state index < -0.39 is 0 Å². The lowest BCUT2D eigenvalue weighted by atomic mass is 10.0. The molecular weight excluding hydrogens is 257 g/mol. The largest absolute Gasteiger partial charge is 0.481 e. The second kappa shape index (κ2) is 6.05. The van der Waals surface area contributed by atoms with Gasteiger partial charge in [-0.05, 0) is 37.1 Å². The minimum Gasteiger partial charge on any atom is -0.481 e. The lowest BCUT2D eigenvalue weighted by molar-refractivity contribution is 0.379. The molecule has 20 heavy (non-hydrogen) atoms. The van der Waals surface area contributed by atoms with Crippen LogP contribution >= 0.6 is 0 Å². The minimum absolute atomic E-state index is 0.250. The lowest BCUT2D eigenvalue weighted by Gasteiger charge is -2.08. The molecule has 4 nitrogen and oxygen atoms in total. The summed E-state index contributed by atoms with van der Waals surface area (Å²) in [4.78, 5) is 0. The van der Waals surface area contributed by atoms with E-state index >= 15 is 0 Å². The van der Waals surface area contributed by atoms with Crippen LogP contribution in [0.25, 0.3) is 5.69 Å². The molecule has 1 aromatic carbocycles. The number of methoxy groups -OCH3 is 1. The first-order valence-corrected chi connectivity index (χ1v) is 6.70. The summed E-state index contributed by atoms with van der Waals surface area (Å²) in [7, 11) is 1.59. The Morgan fingerprint density at radius 2 is 2.15 bits per heavy atom. The zero-order valence-corrected chi connectivity index (χ0v) is 12.1. The van der Waals surface area contributed by atoms with Gasteiger partial charge in [0, 0.05) is 5.56 Å². The summed E-state index contributed by atoms with van der Waals surface area (Å²) < 4.78 is 20.5. The van der Waals surface area contributed by atoms with E-state index in [9.17, 15) is 4.39 Å². The minimum atomic E-state index is -0.300. The first-order valence-electron chi connectivity index (χ1n) is 6.70. The number of halogens is 1. The maximum absolute atomic E-state index is 13.4. The number of benzene rings is 1. The van der Waals surface area contributed by atoms with Crippen LogP contribution in [0.5, 0.6) is 5.88 Å². The Hall–Kier alpha value is -1.88. The molecule has 0 amide bonds. The molecule has 0 saturated carbocycles. The van der Waals surface area contributed by atoms with Crippen molar-refractivity contribution in [1.29, 1.82) is 0 Å². The van der Waals surface area contributed by atoms with Crippen LogP contribution in [-0.2, 0) is 6.42 Å². The molecule has 0 bridgehead atoms. The zero-order chi connectivity index (χ0) is 14.7. The van der Waals surface area contributed by atoms with Gasteiger partial charge in [0.25, 0.3) is 0 Å². The van der Waals surface area contributed by atoms with Gasteiger partial charge in [0.2, 0.25) is 5.88 Å². The molecule has 0 spiro atoms. The Morgan fingerprint density at radius 1 is 1.40 bits per heavy atom. The summed E-state index contributed by atoms with van der Waals surface area (Å²) in [5, 5.41) is 4.58. The number of ether oxygens (including phenoxy) is 1. The number of hydrogen-bond donors (Lipinski definition) is 1. The molecule has 0 unspecified atom stereocenters. The van der Waals surface area contributed by atoms with Gasteiger partial charge in [-0.2, -0.15) is 5.10 Å². The Bertz CT molecular complexity index is 593. The van der Waals surface area contributed by atoms with E-state index in [0.29, 0.717) is 24.5 Å². The van der Waals surface area contributed by atoms with E-state index in [0.717, 1.165) is 11.3 Å². The molecule has 2 N–H and O–H groups in total. The van der Waals surface area contributed by atoms with Crippen LogP contribution in [0.15, 0.2) is 24.3 Å². The van der Waals surface area contributed by atoms with Crippen molar-refractivity contribution in [1.82, 2.24) is 9.78 Å². The van der Waals surface area contributed by atoms with Gasteiger partial charge in [0.05, 0.1) is 18.5 Å². The number of rotatable bonds is 5. The van der Waals surface area contributed by atoms with E-state index in [-0.39, 0.29) is 11.7 Å². The van der Waals surface area contributed by atoms with E-state index in [1.165, 1.54) is 12.1 Å². The van der Waals surface area contributed by atoms with Crippen molar-refractivity contribution in [2.45, 2.75) is 26.2 Å². The fourth-order valence-electron chi connectivity index (χ4n) is 2.29. The maximum atomic E-state index is 13.4. The van der Waals surface area contributed by atoms with Crippen molar-refractivity contribution < 1.29 is 9.13 Å². The molecule has 2 rings (SSSR count). The number of aromatic nitrogens is 2. The molecule has 0 aliphatic rings. The second-order valence-corrected chi connectivity index (χ2v) is 4.96. The van der Waals surface area contributed by atoms with Crippen molar-refractivity contribution in [2.75, 3.05) is 13.7 Å². The summed E-state index contributed by atoms with van der Waals surface area (Å²) in [5.41, 5.74) is 8.25. The van der Waals surface area contributed by atoms with Crippen LogP contribution in [0.1, 0.15) is 31.0 Å². The highest BCUT2D eigenvalue weighted by Gasteiger charge is 2.21. The third kappa shape index (κ3) is 2.67. The van der Waals surface area contributed by atoms with Crippen LogP contribution in [0.2, 0.25) is 0 Å². The normalized spacial score (nSPS) is 11.1. The van der Waals surface area contributed by atoms with Crippen molar-refractivity contribution in [3.05, 3.63) is 41.3 Å². The molecule has 1 aromatic heterocycles. The third-order valence-electron chi connectivity index (χ3n) is 3.15. The van der Waals surface area contributed by atoms with Gasteiger partial charge in [0.15, 0.2) is 0 Å². The molecule has 0 aliphatic heterocycles. The number of nitrogens with zero attached hydrogens (tertiary/aromatic N) is 2. The predicted octanol–water partition coefficient (Wildman–Crippen LogP) is 2.64. The van der Waals surface area contributed by atoms with Gasteiger partial charge in [-0.3, -0.25) is 0 Å². The lowest BCUT2D eigenvalue weighted by Crippen LogP contribution is -2.06. The summed E-state index contributed by atoms with van der Waals surface area (Å²) in [6.07, 6.45) is 0.687. The Labute approximate surface area is 118 Å². The van der Waals surface area contributed by atoms with E-state index in [4.69, 9.17) is 10.5 Å². The van der Waals surface area contributed by atoms with E-state index in [2.05, 4.69) is 18.9 Å². The van der Waals surface area contributed by atoms with Crippen molar-refractivity contribution in [3.63, 3.8) is 0 Å². The highest BCUT2D eigenvalue weighted by atomic mass is 19.1. The fourth-order valence-corrected chi connectivity index (χ4v) is 2.29. The van der Waals surface area contributed by atoms with Crippen molar-refractivity contribution in [2.24, 2.45) is 5.73 Å². The molecule has 5 heteroatoms. The molecule has 0 atom stereocenters. The number of nitrogens with two attached hydrogens (primary N) is 1. The van der Waals surface area contributed by atoms with Gasteiger partial charge in [-0.1, -0.05) is 19.9 Å². The number of hydrogen-bond acceptors (Lipinski definition) is 3. The van der Waals surface area contributed by atoms with Crippen LogP contribution in [0, 0.1) is 5.82 Å². The summed E-state index contributed by atoms with van der Waals surface area (Å²) in [6.45, 7) is 4.65. The predicted molar refractivity (Wildman–Crippen MR) is 76.9 cm³/mol. The summed E-state index contributed by atoms with van der Waals surface area (Å²) in [5.74, 6) is 0.580. The molecule has 0 fully saturated rings. The van der Waals surface area contributed by atoms with Gasteiger partial charge in [-0.15, -0.1) is 0 Å². The average Bonchev–Trinajstić information content (AvgIpc) is 2.78. The Morgan fingerprint density at radius 3 is 2.70 bits per heavy atom. The van der Waals surface area contributed by atoms with Gasteiger partial charge >= 0.3 is 0 Å². The monoisotopic (exact) mass is 277 g/mol. The highest BCUT2D eigenvalue weighted by Crippen LogP contribution is 2.30. The second-order valence-electron chi connectivity index (χ2n) is 4.96. The molecular formula is C15H20FN3O. The van der Waals surface area contributed by atoms with Gasteiger partial charge < -0.3 is 10.5 Å². The SMILES string of the molecule is COc1c(CCN)c(C(C)C)nn1-c1cccc(F)c1. The van der Waals surface area contributed by atoms with Crippen LogP contribution in [0.4, 0.5) is 4.39 Å². The Kier molecular flexibility index (Phi) is 4.39. The molecule has 108 valence electrons. The topological polar surface area (TPSA) is 53.1 Å². The summed E-state index contributed by atoms with van der Waals surface area (Å²) >= 11 is 0. The third-order valence-corrected chi connectivity index (χ3v) is 3.15. The summed E-state index contributed by atoms with van der Waals surface area (Å²) in [6, 6.07) is 6.30. The molecule has 0 radical (unpaired) electrons. The molecule has 2 aromatic rings. The first-order chi connectivity index (χ1) is 9.58. The van der Waals surface area contributed by atoms with E-state index in [1.807, 2.05) is 0 Å². The average molecular weight is 277 g/mol. The van der Waals surface area contributed by atoms with Gasteiger partial charge in [-0.25, -0.2) is 9.07 Å². The fraction of sp³-hybridized carbons (Fsp3) is 0.400. The van der Waals surface area contributed by atoms with Crippen LogP contribution in [0.3, 0.4) is 0 Å². The van der Waals surface area contributed by atoms with Crippen LogP contribution < -0.4 is 10.5 Å². The molecule has 0 aliphatic carbocycles. The standard InChI is InChI=1S/C15H20FN3O/c1-10(2)14-13(7-8-17)15(20-3)19(18-14)12-6-4-5-11(16)9-12/h4-6,9-10H,7-8,17H2,1-3H3. The smallest absolute Gasteiger partial charge is 0.219 e. The van der Waals surface area contributed by atoms with Gasteiger partial charge in [0.1, 0.15) is 5.82 Å². The molecule has 0 saturated heterocycles. The quantitative estimate of drug-likeness (QED) is 0.914.